The molecule has 2 rings (SSSR count). The molecule has 0 radical (unpaired) electrons. The molecule has 0 aromatic heterocycles. The minimum absolute atomic E-state index is 0.00742. The highest BCUT2D eigenvalue weighted by atomic mass is 16.6. The Labute approximate surface area is 133 Å². The van der Waals surface area contributed by atoms with Gasteiger partial charge in [-0.3, -0.25) is 24.6 Å². The van der Waals surface area contributed by atoms with E-state index in [2.05, 4.69) is 5.32 Å². The van der Waals surface area contributed by atoms with Crippen molar-refractivity contribution in [2.24, 2.45) is 5.73 Å². The molecule has 1 fully saturated rings. The van der Waals surface area contributed by atoms with Crippen LogP contribution in [0.3, 0.4) is 0 Å². The van der Waals surface area contributed by atoms with Gasteiger partial charge in [0.15, 0.2) is 0 Å². The van der Waals surface area contributed by atoms with Gasteiger partial charge < -0.3 is 11.1 Å². The normalized spacial score (nSPS) is 16.0. The van der Waals surface area contributed by atoms with E-state index in [1.165, 1.54) is 6.07 Å². The summed E-state index contributed by atoms with van der Waals surface area (Å²) in [6.45, 7) is 3.23. The van der Waals surface area contributed by atoms with E-state index < -0.39 is 4.92 Å². The van der Waals surface area contributed by atoms with Crippen molar-refractivity contribution in [1.29, 1.82) is 0 Å². The molecule has 1 aliphatic heterocycles. The fraction of sp³-hybridized carbons (Fsp3) is 0.467. The number of aryl methyl sites for hydroxylation is 1. The molecule has 1 aromatic carbocycles. The third-order valence-electron chi connectivity index (χ3n) is 3.97. The molecular formula is C15H20N4O4. The lowest BCUT2D eigenvalue weighted by molar-refractivity contribution is -0.385. The average Bonchev–Trinajstić information content (AvgIpc) is 2.48. The number of rotatable bonds is 5. The number of benzene rings is 1. The second kappa shape index (κ2) is 7.19. The minimum Gasteiger partial charge on any atom is -0.369 e. The second-order valence-corrected chi connectivity index (χ2v) is 5.75. The lowest BCUT2D eigenvalue weighted by Crippen LogP contribution is -2.46. The summed E-state index contributed by atoms with van der Waals surface area (Å²) in [6, 6.07) is 4.45. The smallest absolute Gasteiger partial charge is 0.273 e. The third kappa shape index (κ3) is 4.49. The number of hydrogen-bond acceptors (Lipinski definition) is 5. The van der Waals surface area contributed by atoms with Crippen LogP contribution in [-0.2, 0) is 4.79 Å². The SMILES string of the molecule is Cc1ccc(C(=O)NC2CCN(CC(N)=O)CC2)cc1[N+](=O)[O-]. The number of likely N-dealkylation sites (tertiary alicyclic amines) is 1. The van der Waals surface area contributed by atoms with Crippen LogP contribution in [0, 0.1) is 17.0 Å². The summed E-state index contributed by atoms with van der Waals surface area (Å²) < 4.78 is 0. The van der Waals surface area contributed by atoms with Gasteiger partial charge in [-0.25, -0.2) is 0 Å². The van der Waals surface area contributed by atoms with Crippen LogP contribution in [0.2, 0.25) is 0 Å². The van der Waals surface area contributed by atoms with Gasteiger partial charge in [0.25, 0.3) is 11.6 Å². The highest BCUT2D eigenvalue weighted by Crippen LogP contribution is 2.19. The Balaban J connectivity index is 1.94. The standard InChI is InChI=1S/C15H20N4O4/c1-10-2-3-11(8-13(10)19(22)23)15(21)17-12-4-6-18(7-5-12)9-14(16)20/h2-3,8,12H,4-7,9H2,1H3,(H2,16,20)(H,17,21). The number of carbonyl (C=O) groups is 2. The Kier molecular flexibility index (Phi) is 5.28. The van der Waals surface area contributed by atoms with Crippen LogP contribution in [0.5, 0.6) is 0 Å². The van der Waals surface area contributed by atoms with Crippen LogP contribution >= 0.6 is 0 Å². The molecule has 0 atom stereocenters. The van der Waals surface area contributed by atoms with Crippen molar-refractivity contribution in [3.63, 3.8) is 0 Å². The van der Waals surface area contributed by atoms with Crippen LogP contribution in [-0.4, -0.2) is 47.3 Å². The molecule has 3 N–H and O–H groups in total. The van der Waals surface area contributed by atoms with Crippen molar-refractivity contribution in [2.75, 3.05) is 19.6 Å². The summed E-state index contributed by atoms with van der Waals surface area (Å²) >= 11 is 0. The van der Waals surface area contributed by atoms with E-state index in [0.29, 0.717) is 31.5 Å². The van der Waals surface area contributed by atoms with E-state index in [4.69, 9.17) is 5.73 Å². The maximum Gasteiger partial charge on any atom is 0.273 e. The number of nitrogens with one attached hydrogen (secondary N) is 1. The molecular weight excluding hydrogens is 300 g/mol. The molecule has 23 heavy (non-hydrogen) atoms. The van der Waals surface area contributed by atoms with E-state index >= 15 is 0 Å². The molecule has 8 nitrogen and oxygen atoms in total. The Morgan fingerprint density at radius 1 is 1.39 bits per heavy atom. The van der Waals surface area contributed by atoms with Crippen LogP contribution in [0.4, 0.5) is 5.69 Å². The fourth-order valence-electron chi connectivity index (χ4n) is 2.67. The van der Waals surface area contributed by atoms with Gasteiger partial charge in [0.05, 0.1) is 11.5 Å². The Morgan fingerprint density at radius 3 is 2.61 bits per heavy atom. The average molecular weight is 320 g/mol. The largest absolute Gasteiger partial charge is 0.369 e. The molecule has 2 amide bonds. The molecule has 124 valence electrons. The third-order valence-corrected chi connectivity index (χ3v) is 3.97. The van der Waals surface area contributed by atoms with Gasteiger partial charge in [-0.15, -0.1) is 0 Å². The van der Waals surface area contributed by atoms with Gasteiger partial charge in [-0.05, 0) is 25.8 Å². The Morgan fingerprint density at radius 2 is 2.04 bits per heavy atom. The lowest BCUT2D eigenvalue weighted by atomic mass is 10.0. The van der Waals surface area contributed by atoms with Gasteiger partial charge in [-0.1, -0.05) is 6.07 Å². The van der Waals surface area contributed by atoms with E-state index in [-0.39, 0.29) is 35.7 Å². The topological polar surface area (TPSA) is 119 Å². The molecule has 8 heteroatoms. The molecule has 1 saturated heterocycles. The highest BCUT2D eigenvalue weighted by molar-refractivity contribution is 5.95. The summed E-state index contributed by atoms with van der Waals surface area (Å²) in [5, 5.41) is 13.8. The number of nitro benzene ring substituents is 1. The van der Waals surface area contributed by atoms with Gasteiger partial charge in [0.1, 0.15) is 0 Å². The van der Waals surface area contributed by atoms with Crippen molar-refractivity contribution in [3.8, 4) is 0 Å². The molecule has 0 unspecified atom stereocenters. The lowest BCUT2D eigenvalue weighted by Gasteiger charge is -2.31. The maximum atomic E-state index is 12.2. The van der Waals surface area contributed by atoms with E-state index in [0.717, 1.165) is 0 Å². The molecule has 1 aromatic rings. The molecule has 0 spiro atoms. The zero-order chi connectivity index (χ0) is 17.0. The summed E-state index contributed by atoms with van der Waals surface area (Å²) in [5.74, 6) is -0.680. The number of nitrogens with two attached hydrogens (primary N) is 1. The fourth-order valence-corrected chi connectivity index (χ4v) is 2.67. The van der Waals surface area contributed by atoms with Gasteiger partial charge >= 0.3 is 0 Å². The minimum atomic E-state index is -0.492. The molecule has 1 aliphatic rings. The van der Waals surface area contributed by atoms with Crippen molar-refractivity contribution in [2.45, 2.75) is 25.8 Å². The first kappa shape index (κ1) is 16.9. The number of carbonyl (C=O) groups excluding carboxylic acids is 2. The number of amides is 2. The van der Waals surface area contributed by atoms with Crippen molar-refractivity contribution >= 4 is 17.5 Å². The summed E-state index contributed by atoms with van der Waals surface area (Å²) in [7, 11) is 0. The predicted molar refractivity (Wildman–Crippen MR) is 84.0 cm³/mol. The Hall–Kier alpha value is -2.48. The summed E-state index contributed by atoms with van der Waals surface area (Å²) in [4.78, 5) is 35.5. The zero-order valence-corrected chi connectivity index (χ0v) is 12.9. The number of hydrogen-bond donors (Lipinski definition) is 2. The van der Waals surface area contributed by atoms with Crippen LogP contribution in [0.25, 0.3) is 0 Å². The van der Waals surface area contributed by atoms with Gasteiger partial charge in [0.2, 0.25) is 5.91 Å². The molecule has 1 heterocycles. The molecule has 0 bridgehead atoms. The van der Waals surface area contributed by atoms with E-state index in [1.807, 2.05) is 4.90 Å². The predicted octanol–water partition coefficient (Wildman–Crippen LogP) is 0.583. The van der Waals surface area contributed by atoms with Crippen LogP contribution in [0.15, 0.2) is 18.2 Å². The molecule has 0 saturated carbocycles. The maximum absolute atomic E-state index is 12.2. The van der Waals surface area contributed by atoms with E-state index in [9.17, 15) is 19.7 Å². The van der Waals surface area contributed by atoms with Gasteiger partial charge in [0, 0.05) is 36.3 Å². The zero-order valence-electron chi connectivity index (χ0n) is 12.9. The molecule has 0 aliphatic carbocycles. The first-order valence-electron chi connectivity index (χ1n) is 7.43. The summed E-state index contributed by atoms with van der Waals surface area (Å²) in [5.41, 5.74) is 5.90. The Bertz CT molecular complexity index is 624. The van der Waals surface area contributed by atoms with Gasteiger partial charge in [-0.2, -0.15) is 0 Å². The van der Waals surface area contributed by atoms with E-state index in [1.54, 1.807) is 19.1 Å². The first-order valence-corrected chi connectivity index (χ1v) is 7.43. The van der Waals surface area contributed by atoms with Crippen LogP contribution in [0.1, 0.15) is 28.8 Å². The first-order chi connectivity index (χ1) is 10.9. The summed E-state index contributed by atoms with van der Waals surface area (Å²) in [6.07, 6.45) is 1.43. The second-order valence-electron chi connectivity index (χ2n) is 5.75. The van der Waals surface area contributed by atoms with Crippen molar-refractivity contribution < 1.29 is 14.5 Å². The van der Waals surface area contributed by atoms with Crippen molar-refractivity contribution in [3.05, 3.63) is 39.4 Å². The number of nitro groups is 1. The van der Waals surface area contributed by atoms with Crippen molar-refractivity contribution in [1.82, 2.24) is 10.2 Å². The monoisotopic (exact) mass is 320 g/mol. The number of primary amides is 1. The number of piperidine rings is 1. The highest BCUT2D eigenvalue weighted by Gasteiger charge is 2.23. The van der Waals surface area contributed by atoms with Crippen LogP contribution < -0.4 is 11.1 Å². The number of nitrogens with zero attached hydrogens (tertiary/aromatic N) is 2. The quantitative estimate of drug-likeness (QED) is 0.608.